The fraction of sp³-hybridized carbons (Fsp3) is 0.533. The minimum absolute atomic E-state index is 0.176. The number of sulfone groups is 1. The van der Waals surface area contributed by atoms with E-state index in [0.717, 1.165) is 49.9 Å². The predicted octanol–water partition coefficient (Wildman–Crippen LogP) is 2.17. The van der Waals surface area contributed by atoms with Crippen LogP contribution in [0.4, 0.5) is 5.69 Å². The van der Waals surface area contributed by atoms with E-state index < -0.39 is 9.84 Å². The van der Waals surface area contributed by atoms with E-state index in [1.165, 1.54) is 6.26 Å². The van der Waals surface area contributed by atoms with Crippen LogP contribution in [0.25, 0.3) is 0 Å². The number of carbonyl (C=O) groups is 1. The van der Waals surface area contributed by atoms with Gasteiger partial charge in [-0.1, -0.05) is 6.42 Å². The summed E-state index contributed by atoms with van der Waals surface area (Å²) in [4.78, 5) is 14.6. The smallest absolute Gasteiger partial charge is 0.230 e. The lowest BCUT2D eigenvalue weighted by molar-refractivity contribution is -0.124. The molecule has 1 aliphatic carbocycles. The van der Waals surface area contributed by atoms with Crippen molar-refractivity contribution < 1.29 is 13.2 Å². The maximum absolute atomic E-state index is 12.4. The van der Waals surface area contributed by atoms with Gasteiger partial charge in [0.05, 0.1) is 4.90 Å². The molecule has 5 heteroatoms. The number of benzene rings is 1. The summed E-state index contributed by atoms with van der Waals surface area (Å²) >= 11 is 0. The van der Waals surface area contributed by atoms with Crippen molar-refractivity contribution in [3.05, 3.63) is 23.8 Å². The molecule has 3 rings (SSSR count). The van der Waals surface area contributed by atoms with Gasteiger partial charge in [0.25, 0.3) is 0 Å². The molecule has 0 aromatic heterocycles. The Balaban J connectivity index is 1.95. The van der Waals surface area contributed by atoms with E-state index in [2.05, 4.69) is 0 Å². The van der Waals surface area contributed by atoms with Gasteiger partial charge in [0.1, 0.15) is 0 Å². The lowest BCUT2D eigenvalue weighted by Gasteiger charge is -2.35. The van der Waals surface area contributed by atoms with Crippen molar-refractivity contribution in [2.45, 2.75) is 37.0 Å². The van der Waals surface area contributed by atoms with Gasteiger partial charge in [0, 0.05) is 24.4 Å². The van der Waals surface area contributed by atoms with Crippen molar-refractivity contribution >= 4 is 21.4 Å². The topological polar surface area (TPSA) is 54.5 Å². The SMILES string of the molecule is CS(=O)(=O)c1ccc2c(c1)CCCN2C(=O)C1CCC1. The van der Waals surface area contributed by atoms with Crippen LogP contribution in [0.3, 0.4) is 0 Å². The number of hydrogen-bond acceptors (Lipinski definition) is 3. The van der Waals surface area contributed by atoms with E-state index in [1.807, 2.05) is 4.90 Å². The van der Waals surface area contributed by atoms with Gasteiger partial charge >= 0.3 is 0 Å². The van der Waals surface area contributed by atoms with Crippen molar-refractivity contribution in [3.63, 3.8) is 0 Å². The minimum atomic E-state index is -3.19. The van der Waals surface area contributed by atoms with Gasteiger partial charge in [-0.05, 0) is 49.4 Å². The van der Waals surface area contributed by atoms with Gasteiger partial charge in [-0.25, -0.2) is 8.42 Å². The summed E-state index contributed by atoms with van der Waals surface area (Å²) in [6.07, 6.45) is 6.09. The van der Waals surface area contributed by atoms with Crippen LogP contribution in [0.2, 0.25) is 0 Å². The second kappa shape index (κ2) is 4.88. The molecule has 0 N–H and O–H groups in total. The molecule has 4 nitrogen and oxygen atoms in total. The maximum atomic E-state index is 12.4. The third-order valence-corrected chi connectivity index (χ3v) is 5.43. The Hall–Kier alpha value is -1.36. The second-order valence-corrected chi connectivity index (χ2v) is 7.80. The van der Waals surface area contributed by atoms with Crippen LogP contribution in [0.1, 0.15) is 31.2 Å². The molecule has 1 aliphatic heterocycles. The van der Waals surface area contributed by atoms with Crippen LogP contribution in [0.5, 0.6) is 0 Å². The highest BCUT2D eigenvalue weighted by molar-refractivity contribution is 7.90. The van der Waals surface area contributed by atoms with Crippen LogP contribution in [0.15, 0.2) is 23.1 Å². The van der Waals surface area contributed by atoms with Crippen molar-refractivity contribution in [1.29, 1.82) is 0 Å². The van der Waals surface area contributed by atoms with Gasteiger partial charge in [0.15, 0.2) is 9.84 Å². The highest BCUT2D eigenvalue weighted by Gasteiger charge is 2.32. The molecule has 1 aromatic rings. The van der Waals surface area contributed by atoms with Gasteiger partial charge in [-0.15, -0.1) is 0 Å². The molecular weight excluding hydrogens is 274 g/mol. The lowest BCUT2D eigenvalue weighted by Crippen LogP contribution is -2.41. The number of rotatable bonds is 2. The molecule has 1 aromatic carbocycles. The lowest BCUT2D eigenvalue weighted by atomic mass is 9.83. The first-order valence-corrected chi connectivity index (χ1v) is 9.00. The van der Waals surface area contributed by atoms with Crippen LogP contribution in [0, 0.1) is 5.92 Å². The highest BCUT2D eigenvalue weighted by atomic mass is 32.2. The summed E-state index contributed by atoms with van der Waals surface area (Å²) < 4.78 is 23.2. The van der Waals surface area contributed by atoms with E-state index >= 15 is 0 Å². The molecule has 0 atom stereocenters. The van der Waals surface area contributed by atoms with Gasteiger partial charge < -0.3 is 4.90 Å². The van der Waals surface area contributed by atoms with Gasteiger partial charge in [-0.2, -0.15) is 0 Å². The largest absolute Gasteiger partial charge is 0.312 e. The third-order valence-electron chi connectivity index (χ3n) is 4.32. The summed E-state index contributed by atoms with van der Waals surface area (Å²) in [5.41, 5.74) is 1.88. The van der Waals surface area contributed by atoms with Crippen LogP contribution >= 0.6 is 0 Å². The fourth-order valence-electron chi connectivity index (χ4n) is 2.91. The molecule has 1 saturated carbocycles. The van der Waals surface area contributed by atoms with E-state index in [9.17, 15) is 13.2 Å². The summed E-state index contributed by atoms with van der Waals surface area (Å²) in [7, 11) is -3.19. The van der Waals surface area contributed by atoms with Gasteiger partial charge in [-0.3, -0.25) is 4.79 Å². The molecule has 0 saturated heterocycles. The Morgan fingerprint density at radius 1 is 1.25 bits per heavy atom. The quantitative estimate of drug-likeness (QED) is 0.839. The average molecular weight is 293 g/mol. The summed E-state index contributed by atoms with van der Waals surface area (Å²) in [6, 6.07) is 5.13. The number of carbonyl (C=O) groups excluding carboxylic acids is 1. The minimum Gasteiger partial charge on any atom is -0.312 e. The van der Waals surface area contributed by atoms with Crippen LogP contribution in [-0.2, 0) is 21.1 Å². The van der Waals surface area contributed by atoms with Crippen molar-refractivity contribution in [1.82, 2.24) is 0 Å². The number of amides is 1. The molecule has 0 spiro atoms. The molecule has 1 heterocycles. The number of fused-ring (bicyclic) bond motifs is 1. The predicted molar refractivity (Wildman–Crippen MR) is 77.6 cm³/mol. The Morgan fingerprint density at radius 3 is 2.60 bits per heavy atom. The summed E-state index contributed by atoms with van der Waals surface area (Å²) in [5.74, 6) is 0.389. The summed E-state index contributed by atoms with van der Waals surface area (Å²) in [6.45, 7) is 0.751. The molecule has 0 bridgehead atoms. The molecule has 1 fully saturated rings. The third kappa shape index (κ3) is 2.35. The molecule has 108 valence electrons. The Kier molecular flexibility index (Phi) is 3.32. The molecule has 0 radical (unpaired) electrons. The summed E-state index contributed by atoms with van der Waals surface area (Å²) in [5, 5.41) is 0. The second-order valence-electron chi connectivity index (χ2n) is 5.78. The zero-order valence-corrected chi connectivity index (χ0v) is 12.4. The van der Waals surface area contributed by atoms with Crippen LogP contribution < -0.4 is 4.90 Å². The number of nitrogens with zero attached hydrogens (tertiary/aromatic N) is 1. The highest BCUT2D eigenvalue weighted by Crippen LogP contribution is 2.34. The van der Waals surface area contributed by atoms with Crippen molar-refractivity contribution in [3.8, 4) is 0 Å². The van der Waals surface area contributed by atoms with E-state index in [-0.39, 0.29) is 11.8 Å². The zero-order chi connectivity index (χ0) is 14.3. The average Bonchev–Trinajstić information content (AvgIpc) is 2.34. The maximum Gasteiger partial charge on any atom is 0.230 e. The van der Waals surface area contributed by atoms with Crippen molar-refractivity contribution in [2.24, 2.45) is 5.92 Å². The normalized spacial score (nSPS) is 19.4. The first-order chi connectivity index (χ1) is 9.47. The van der Waals surface area contributed by atoms with E-state index in [4.69, 9.17) is 0 Å². The van der Waals surface area contributed by atoms with Crippen LogP contribution in [-0.4, -0.2) is 27.1 Å². The molecule has 1 amide bonds. The van der Waals surface area contributed by atoms with E-state index in [1.54, 1.807) is 18.2 Å². The number of hydrogen-bond donors (Lipinski definition) is 0. The first-order valence-electron chi connectivity index (χ1n) is 7.11. The fourth-order valence-corrected chi connectivity index (χ4v) is 3.58. The van der Waals surface area contributed by atoms with Crippen molar-refractivity contribution in [2.75, 3.05) is 17.7 Å². The number of anilines is 1. The molecule has 2 aliphatic rings. The zero-order valence-electron chi connectivity index (χ0n) is 11.6. The molecule has 0 unspecified atom stereocenters. The molecule has 20 heavy (non-hydrogen) atoms. The van der Waals surface area contributed by atoms with E-state index in [0.29, 0.717) is 4.90 Å². The Labute approximate surface area is 119 Å². The number of aryl methyl sites for hydroxylation is 1. The first kappa shape index (κ1) is 13.6. The Bertz CT molecular complexity index is 647. The van der Waals surface area contributed by atoms with Gasteiger partial charge in [0.2, 0.25) is 5.91 Å². The standard InChI is InChI=1S/C15H19NO3S/c1-20(18,19)13-7-8-14-12(10-13)6-3-9-16(14)15(17)11-4-2-5-11/h7-8,10-11H,2-6,9H2,1H3. The monoisotopic (exact) mass is 293 g/mol. The molecular formula is C15H19NO3S. The Morgan fingerprint density at radius 2 is 2.00 bits per heavy atom.